The van der Waals surface area contributed by atoms with E-state index in [2.05, 4.69) is 10.1 Å². The number of benzene rings is 2. The van der Waals surface area contributed by atoms with Crippen molar-refractivity contribution in [2.45, 2.75) is 18.9 Å². The largest absolute Gasteiger partial charge is 0.496 e. The van der Waals surface area contributed by atoms with Gasteiger partial charge in [-0.05, 0) is 31.0 Å². The number of aromatic nitrogens is 2. The van der Waals surface area contributed by atoms with E-state index in [4.69, 9.17) is 20.9 Å². The molecule has 0 bridgehead atoms. The highest BCUT2D eigenvalue weighted by Crippen LogP contribution is 2.35. The van der Waals surface area contributed by atoms with Crippen LogP contribution in [-0.4, -0.2) is 34.6 Å². The second-order valence-electron chi connectivity index (χ2n) is 6.32. The van der Waals surface area contributed by atoms with Crippen LogP contribution in [0.4, 0.5) is 0 Å². The number of amides is 1. The molecule has 1 amide bonds. The van der Waals surface area contributed by atoms with Gasteiger partial charge in [-0.25, -0.2) is 0 Å². The van der Waals surface area contributed by atoms with Gasteiger partial charge in [0.1, 0.15) is 11.8 Å². The average Bonchev–Trinajstić information content (AvgIpc) is 3.37. The molecular weight excluding hydrogens is 366 g/mol. The van der Waals surface area contributed by atoms with Crippen molar-refractivity contribution < 1.29 is 14.1 Å². The Morgan fingerprint density at radius 2 is 2.07 bits per heavy atom. The molecule has 6 nitrogen and oxygen atoms in total. The lowest BCUT2D eigenvalue weighted by Gasteiger charge is -2.22. The highest BCUT2D eigenvalue weighted by atomic mass is 35.5. The highest BCUT2D eigenvalue weighted by Gasteiger charge is 2.35. The van der Waals surface area contributed by atoms with Crippen molar-refractivity contribution >= 4 is 17.5 Å². The molecule has 138 valence electrons. The molecule has 1 atom stereocenters. The predicted molar refractivity (Wildman–Crippen MR) is 101 cm³/mol. The molecule has 2 aromatic carbocycles. The van der Waals surface area contributed by atoms with E-state index in [0.717, 1.165) is 18.4 Å². The first kappa shape index (κ1) is 17.5. The fourth-order valence-corrected chi connectivity index (χ4v) is 3.50. The van der Waals surface area contributed by atoms with Crippen LogP contribution >= 0.6 is 11.6 Å². The fourth-order valence-electron chi connectivity index (χ4n) is 3.34. The molecule has 0 N–H and O–H groups in total. The Labute approximate surface area is 161 Å². The van der Waals surface area contributed by atoms with Crippen LogP contribution in [0.3, 0.4) is 0 Å². The standard InChI is InChI=1S/C20H18ClN3O3/c1-26-17-12-14(21)9-10-15(17)20(25)24-11-5-8-16(24)19-22-18(23-27-19)13-6-3-2-4-7-13/h2-4,6-7,9-10,12,16H,5,8,11H2,1H3/t16-/m0/s1. The Balaban J connectivity index is 1.61. The molecule has 1 saturated heterocycles. The van der Waals surface area contributed by atoms with Gasteiger partial charge in [0.05, 0.1) is 12.7 Å². The van der Waals surface area contributed by atoms with Crippen molar-refractivity contribution in [1.29, 1.82) is 0 Å². The Morgan fingerprint density at radius 1 is 1.26 bits per heavy atom. The number of ether oxygens (including phenoxy) is 1. The maximum absolute atomic E-state index is 13.1. The third-order valence-electron chi connectivity index (χ3n) is 4.67. The fraction of sp³-hybridized carbons (Fsp3) is 0.250. The van der Waals surface area contributed by atoms with Gasteiger partial charge in [0, 0.05) is 17.1 Å². The summed E-state index contributed by atoms with van der Waals surface area (Å²) in [7, 11) is 1.52. The summed E-state index contributed by atoms with van der Waals surface area (Å²) in [5.74, 6) is 1.29. The van der Waals surface area contributed by atoms with Crippen LogP contribution in [0.1, 0.15) is 35.1 Å². The number of carbonyl (C=O) groups is 1. The van der Waals surface area contributed by atoms with Gasteiger partial charge >= 0.3 is 0 Å². The lowest BCUT2D eigenvalue weighted by Crippen LogP contribution is -2.31. The normalized spacial score (nSPS) is 16.5. The Kier molecular flexibility index (Phi) is 4.81. The minimum atomic E-state index is -0.247. The summed E-state index contributed by atoms with van der Waals surface area (Å²) >= 11 is 6.01. The summed E-state index contributed by atoms with van der Waals surface area (Å²) in [4.78, 5) is 19.4. The number of likely N-dealkylation sites (tertiary alicyclic amines) is 1. The molecular formula is C20H18ClN3O3. The Morgan fingerprint density at radius 3 is 2.85 bits per heavy atom. The van der Waals surface area contributed by atoms with Gasteiger partial charge in [-0.15, -0.1) is 0 Å². The van der Waals surface area contributed by atoms with E-state index in [1.54, 1.807) is 23.1 Å². The molecule has 1 aliphatic rings. The monoisotopic (exact) mass is 383 g/mol. The number of hydrogen-bond donors (Lipinski definition) is 0. The van der Waals surface area contributed by atoms with Gasteiger partial charge in [0.15, 0.2) is 0 Å². The lowest BCUT2D eigenvalue weighted by atomic mass is 10.1. The van der Waals surface area contributed by atoms with Crippen LogP contribution in [0, 0.1) is 0 Å². The van der Waals surface area contributed by atoms with E-state index in [9.17, 15) is 4.79 Å². The molecule has 0 radical (unpaired) electrons. The number of halogens is 1. The quantitative estimate of drug-likeness (QED) is 0.668. The van der Waals surface area contributed by atoms with Gasteiger partial charge in [-0.2, -0.15) is 4.98 Å². The van der Waals surface area contributed by atoms with E-state index in [1.165, 1.54) is 7.11 Å². The first-order chi connectivity index (χ1) is 13.2. The van der Waals surface area contributed by atoms with Gasteiger partial charge in [-0.3, -0.25) is 4.79 Å². The highest BCUT2D eigenvalue weighted by molar-refractivity contribution is 6.30. The Bertz CT molecular complexity index is 958. The summed E-state index contributed by atoms with van der Waals surface area (Å²) in [6, 6.07) is 14.4. The maximum atomic E-state index is 13.1. The summed E-state index contributed by atoms with van der Waals surface area (Å²) in [5, 5.41) is 4.60. The summed E-state index contributed by atoms with van der Waals surface area (Å²) in [5.41, 5.74) is 1.35. The van der Waals surface area contributed by atoms with Gasteiger partial charge < -0.3 is 14.2 Å². The number of methoxy groups -OCH3 is 1. The van der Waals surface area contributed by atoms with E-state index in [-0.39, 0.29) is 11.9 Å². The van der Waals surface area contributed by atoms with Gasteiger partial charge in [0.2, 0.25) is 11.7 Å². The molecule has 7 heteroatoms. The number of hydrogen-bond acceptors (Lipinski definition) is 5. The molecule has 2 heterocycles. The zero-order valence-corrected chi connectivity index (χ0v) is 15.5. The second-order valence-corrected chi connectivity index (χ2v) is 6.76. The van der Waals surface area contributed by atoms with Crippen LogP contribution in [0.2, 0.25) is 5.02 Å². The molecule has 0 saturated carbocycles. The van der Waals surface area contributed by atoms with E-state index >= 15 is 0 Å². The molecule has 0 spiro atoms. The predicted octanol–water partition coefficient (Wildman–Crippen LogP) is 4.38. The van der Waals surface area contributed by atoms with Crippen molar-refractivity contribution in [2.75, 3.05) is 13.7 Å². The molecule has 3 aromatic rings. The van der Waals surface area contributed by atoms with Gasteiger partial charge in [-0.1, -0.05) is 47.1 Å². The molecule has 0 unspecified atom stereocenters. The number of carbonyl (C=O) groups excluding carboxylic acids is 1. The number of nitrogens with zero attached hydrogens (tertiary/aromatic N) is 3. The molecule has 1 fully saturated rings. The smallest absolute Gasteiger partial charge is 0.258 e. The summed E-state index contributed by atoms with van der Waals surface area (Å²) < 4.78 is 10.8. The molecule has 0 aliphatic carbocycles. The SMILES string of the molecule is COc1cc(Cl)ccc1C(=O)N1CCC[C@H]1c1nc(-c2ccccc2)no1. The van der Waals surface area contributed by atoms with Crippen LogP contribution in [0.5, 0.6) is 5.75 Å². The zero-order valence-electron chi connectivity index (χ0n) is 14.8. The molecule has 27 heavy (non-hydrogen) atoms. The lowest BCUT2D eigenvalue weighted by molar-refractivity contribution is 0.0706. The van der Waals surface area contributed by atoms with Crippen molar-refractivity contribution in [3.8, 4) is 17.1 Å². The van der Waals surface area contributed by atoms with Crippen LogP contribution in [-0.2, 0) is 0 Å². The average molecular weight is 384 g/mol. The minimum absolute atomic E-state index is 0.134. The van der Waals surface area contributed by atoms with Gasteiger partial charge in [0.25, 0.3) is 5.91 Å². The van der Waals surface area contributed by atoms with E-state index in [1.807, 2.05) is 30.3 Å². The van der Waals surface area contributed by atoms with Crippen molar-refractivity contribution in [3.05, 3.63) is 65.0 Å². The maximum Gasteiger partial charge on any atom is 0.258 e. The Hall–Kier alpha value is -2.86. The van der Waals surface area contributed by atoms with Crippen molar-refractivity contribution in [1.82, 2.24) is 15.0 Å². The third kappa shape index (κ3) is 3.40. The van der Waals surface area contributed by atoms with E-state index in [0.29, 0.717) is 34.6 Å². The van der Waals surface area contributed by atoms with Crippen molar-refractivity contribution in [3.63, 3.8) is 0 Å². The number of rotatable bonds is 4. The topological polar surface area (TPSA) is 68.5 Å². The summed E-state index contributed by atoms with van der Waals surface area (Å²) in [6.45, 7) is 0.623. The first-order valence-electron chi connectivity index (χ1n) is 8.71. The molecule has 4 rings (SSSR count). The zero-order chi connectivity index (χ0) is 18.8. The van der Waals surface area contributed by atoms with E-state index < -0.39 is 0 Å². The second kappa shape index (κ2) is 7.40. The third-order valence-corrected chi connectivity index (χ3v) is 4.90. The summed E-state index contributed by atoms with van der Waals surface area (Å²) in [6.07, 6.45) is 1.65. The molecule has 1 aliphatic heterocycles. The first-order valence-corrected chi connectivity index (χ1v) is 9.08. The van der Waals surface area contributed by atoms with Crippen LogP contribution in [0.15, 0.2) is 53.1 Å². The minimum Gasteiger partial charge on any atom is -0.496 e. The molecule has 1 aromatic heterocycles. The van der Waals surface area contributed by atoms with Crippen LogP contribution in [0.25, 0.3) is 11.4 Å². The van der Waals surface area contributed by atoms with Crippen molar-refractivity contribution in [2.24, 2.45) is 0 Å². The van der Waals surface area contributed by atoms with Crippen LogP contribution < -0.4 is 4.74 Å².